The van der Waals surface area contributed by atoms with Crippen molar-refractivity contribution in [3.8, 4) is 0 Å². The van der Waals surface area contributed by atoms with Gasteiger partial charge in [0.1, 0.15) is 12.9 Å². The molecule has 3 nitrogen and oxygen atoms in total. The Labute approximate surface area is 119 Å². The lowest BCUT2D eigenvalue weighted by molar-refractivity contribution is -0.147. The molecular weight excluding hydrogens is 252 g/mol. The second-order valence-electron chi connectivity index (χ2n) is 5.75. The van der Waals surface area contributed by atoms with E-state index >= 15 is 0 Å². The molecule has 0 spiro atoms. The van der Waals surface area contributed by atoms with Gasteiger partial charge in [-0.15, -0.1) is 0 Å². The Hall–Kier alpha value is -1.90. The van der Waals surface area contributed by atoms with Crippen LogP contribution in [0.2, 0.25) is 0 Å². The van der Waals surface area contributed by atoms with Crippen molar-refractivity contribution < 1.29 is 14.3 Å². The van der Waals surface area contributed by atoms with Crippen LogP contribution in [0.3, 0.4) is 0 Å². The van der Waals surface area contributed by atoms with Gasteiger partial charge in [0.05, 0.1) is 5.92 Å². The van der Waals surface area contributed by atoms with E-state index < -0.39 is 0 Å². The van der Waals surface area contributed by atoms with Gasteiger partial charge in [0, 0.05) is 6.42 Å². The molecule has 1 aliphatic rings. The van der Waals surface area contributed by atoms with Gasteiger partial charge < -0.3 is 9.53 Å². The highest BCUT2D eigenvalue weighted by Crippen LogP contribution is 2.59. The quantitative estimate of drug-likeness (QED) is 0.454. The van der Waals surface area contributed by atoms with Crippen molar-refractivity contribution in [3.63, 3.8) is 0 Å². The maximum atomic E-state index is 12.1. The second kappa shape index (κ2) is 6.04. The number of hydrogen-bond acceptors (Lipinski definition) is 3. The van der Waals surface area contributed by atoms with Crippen LogP contribution in [0.25, 0.3) is 0 Å². The Kier molecular flexibility index (Phi) is 4.38. The fraction of sp³-hybridized carbons (Fsp3) is 0.412. The highest BCUT2D eigenvalue weighted by atomic mass is 16.5. The monoisotopic (exact) mass is 272 g/mol. The van der Waals surface area contributed by atoms with E-state index in [-0.39, 0.29) is 23.2 Å². The Morgan fingerprint density at radius 3 is 2.65 bits per heavy atom. The molecule has 0 N–H and O–H groups in total. The van der Waals surface area contributed by atoms with Crippen LogP contribution < -0.4 is 0 Å². The number of ether oxygens (including phenoxy) is 1. The third-order valence-corrected chi connectivity index (χ3v) is 3.96. The first-order chi connectivity index (χ1) is 9.57. The number of allylic oxidation sites excluding steroid dienone is 2. The molecule has 0 radical (unpaired) electrons. The highest BCUT2D eigenvalue weighted by Gasteiger charge is 2.61. The van der Waals surface area contributed by atoms with Crippen molar-refractivity contribution in [2.45, 2.75) is 26.9 Å². The van der Waals surface area contributed by atoms with Crippen LogP contribution in [0.15, 0.2) is 42.5 Å². The number of carbonyl (C=O) groups is 2. The molecule has 2 atom stereocenters. The molecule has 1 aromatic carbocycles. The van der Waals surface area contributed by atoms with E-state index in [1.807, 2.05) is 42.5 Å². The zero-order chi connectivity index (χ0) is 14.6. The normalized spacial score (nSPS) is 23.5. The number of hydrogen-bond donors (Lipinski definition) is 0. The number of rotatable bonds is 6. The molecule has 0 heterocycles. The Balaban J connectivity index is 1.88. The number of esters is 1. The van der Waals surface area contributed by atoms with Crippen LogP contribution in [-0.4, -0.2) is 12.3 Å². The predicted molar refractivity (Wildman–Crippen MR) is 76.8 cm³/mol. The predicted octanol–water partition coefficient (Wildman–Crippen LogP) is 3.15. The van der Waals surface area contributed by atoms with Gasteiger partial charge in [0.2, 0.25) is 0 Å². The number of aldehydes is 1. The molecule has 1 aromatic rings. The summed E-state index contributed by atoms with van der Waals surface area (Å²) in [7, 11) is 0. The van der Waals surface area contributed by atoms with Crippen LogP contribution in [0, 0.1) is 17.3 Å². The summed E-state index contributed by atoms with van der Waals surface area (Å²) in [5, 5.41) is 0. The van der Waals surface area contributed by atoms with Crippen LogP contribution >= 0.6 is 0 Å². The van der Waals surface area contributed by atoms with Crippen molar-refractivity contribution in [1.29, 1.82) is 0 Å². The third-order valence-electron chi connectivity index (χ3n) is 3.96. The fourth-order valence-corrected chi connectivity index (χ4v) is 2.59. The molecule has 20 heavy (non-hydrogen) atoms. The summed E-state index contributed by atoms with van der Waals surface area (Å²) in [5.74, 6) is -0.0838. The lowest BCUT2D eigenvalue weighted by Crippen LogP contribution is -2.10. The average Bonchev–Trinajstić information content (AvgIpc) is 2.99. The van der Waals surface area contributed by atoms with Gasteiger partial charge in [-0.1, -0.05) is 56.3 Å². The molecule has 1 aliphatic carbocycles. The topological polar surface area (TPSA) is 43.4 Å². The van der Waals surface area contributed by atoms with Gasteiger partial charge in [-0.05, 0) is 16.9 Å². The summed E-state index contributed by atoms with van der Waals surface area (Å²) in [5.41, 5.74) is 0.917. The maximum Gasteiger partial charge on any atom is 0.310 e. The largest absolute Gasteiger partial charge is 0.461 e. The SMILES string of the molecule is CC1(C)C(C=CCC=O)C1C(=O)OCc1ccccc1. The summed E-state index contributed by atoms with van der Waals surface area (Å²) in [6, 6.07) is 9.66. The Bertz CT molecular complexity index is 502. The van der Waals surface area contributed by atoms with E-state index in [4.69, 9.17) is 4.74 Å². The Morgan fingerprint density at radius 1 is 1.30 bits per heavy atom. The summed E-state index contributed by atoms with van der Waals surface area (Å²) < 4.78 is 5.38. The highest BCUT2D eigenvalue weighted by molar-refractivity contribution is 5.78. The van der Waals surface area contributed by atoms with Crippen molar-refractivity contribution in [2.24, 2.45) is 17.3 Å². The third kappa shape index (κ3) is 3.16. The van der Waals surface area contributed by atoms with E-state index in [9.17, 15) is 9.59 Å². The smallest absolute Gasteiger partial charge is 0.310 e. The fourth-order valence-electron chi connectivity index (χ4n) is 2.59. The molecular formula is C17H20O3. The molecule has 0 amide bonds. The molecule has 0 bridgehead atoms. The lowest BCUT2D eigenvalue weighted by Gasteiger charge is -2.05. The standard InChI is InChI=1S/C17H20O3/c1-17(2)14(10-6-7-11-18)15(17)16(19)20-12-13-8-4-3-5-9-13/h3-6,8-11,14-15H,7,12H2,1-2H3. The molecule has 1 saturated carbocycles. The molecule has 106 valence electrons. The van der Waals surface area contributed by atoms with E-state index in [2.05, 4.69) is 13.8 Å². The van der Waals surface area contributed by atoms with Gasteiger partial charge >= 0.3 is 5.97 Å². The van der Waals surface area contributed by atoms with E-state index in [1.54, 1.807) is 0 Å². The van der Waals surface area contributed by atoms with Crippen LogP contribution in [0.1, 0.15) is 25.8 Å². The second-order valence-corrected chi connectivity index (χ2v) is 5.75. The minimum absolute atomic E-state index is 0.0762. The first-order valence-corrected chi connectivity index (χ1v) is 6.88. The van der Waals surface area contributed by atoms with E-state index in [0.29, 0.717) is 13.0 Å². The van der Waals surface area contributed by atoms with Gasteiger partial charge in [-0.3, -0.25) is 4.79 Å². The molecule has 2 unspecified atom stereocenters. The van der Waals surface area contributed by atoms with Crippen molar-refractivity contribution >= 4 is 12.3 Å². The van der Waals surface area contributed by atoms with Crippen LogP contribution in [0.4, 0.5) is 0 Å². The van der Waals surface area contributed by atoms with E-state index in [1.165, 1.54) is 0 Å². The van der Waals surface area contributed by atoms with Gasteiger partial charge in [-0.25, -0.2) is 0 Å². The summed E-state index contributed by atoms with van der Waals surface area (Å²) in [4.78, 5) is 22.4. The zero-order valence-corrected chi connectivity index (χ0v) is 11.9. The lowest BCUT2D eigenvalue weighted by atomic mass is 10.1. The zero-order valence-electron chi connectivity index (χ0n) is 11.9. The Morgan fingerprint density at radius 2 is 2.00 bits per heavy atom. The number of benzene rings is 1. The summed E-state index contributed by atoms with van der Waals surface area (Å²) >= 11 is 0. The molecule has 1 fully saturated rings. The molecule has 0 aromatic heterocycles. The van der Waals surface area contributed by atoms with Crippen molar-refractivity contribution in [1.82, 2.24) is 0 Å². The van der Waals surface area contributed by atoms with E-state index in [0.717, 1.165) is 11.8 Å². The van der Waals surface area contributed by atoms with Gasteiger partial charge in [0.25, 0.3) is 0 Å². The average molecular weight is 272 g/mol. The minimum Gasteiger partial charge on any atom is -0.461 e. The van der Waals surface area contributed by atoms with Crippen LogP contribution in [0.5, 0.6) is 0 Å². The first kappa shape index (κ1) is 14.5. The summed E-state index contributed by atoms with van der Waals surface area (Å²) in [6.07, 6.45) is 5.04. The van der Waals surface area contributed by atoms with Crippen molar-refractivity contribution in [2.75, 3.05) is 0 Å². The van der Waals surface area contributed by atoms with Gasteiger partial charge in [-0.2, -0.15) is 0 Å². The summed E-state index contributed by atoms with van der Waals surface area (Å²) in [6.45, 7) is 4.42. The molecule has 0 saturated heterocycles. The van der Waals surface area contributed by atoms with Gasteiger partial charge in [0.15, 0.2) is 0 Å². The van der Waals surface area contributed by atoms with Crippen LogP contribution in [-0.2, 0) is 20.9 Å². The minimum atomic E-state index is -0.153. The number of carbonyl (C=O) groups excluding carboxylic acids is 2. The molecule has 0 aliphatic heterocycles. The maximum absolute atomic E-state index is 12.1. The van der Waals surface area contributed by atoms with Crippen molar-refractivity contribution in [3.05, 3.63) is 48.0 Å². The first-order valence-electron chi connectivity index (χ1n) is 6.88. The molecule has 3 heteroatoms. The molecule has 2 rings (SSSR count).